The monoisotopic (exact) mass is 569 g/mol. The van der Waals surface area contributed by atoms with Gasteiger partial charge in [0.15, 0.2) is 0 Å². The van der Waals surface area contributed by atoms with Crippen LogP contribution in [0.15, 0.2) is 77.7 Å². The summed E-state index contributed by atoms with van der Waals surface area (Å²) in [5, 5.41) is 3.48. The lowest BCUT2D eigenvalue weighted by Gasteiger charge is -2.33. The van der Waals surface area contributed by atoms with E-state index in [1.807, 2.05) is 32.9 Å². The van der Waals surface area contributed by atoms with Gasteiger partial charge in [-0.15, -0.1) is 0 Å². The van der Waals surface area contributed by atoms with Gasteiger partial charge in [-0.25, -0.2) is 8.42 Å². The molecule has 39 heavy (non-hydrogen) atoms. The number of sulfonamides is 1. The molecular weight excluding hydrogens is 534 g/mol. The van der Waals surface area contributed by atoms with Gasteiger partial charge in [0.05, 0.1) is 10.6 Å². The molecule has 9 heteroatoms. The number of aryl methyl sites for hydroxylation is 2. The van der Waals surface area contributed by atoms with E-state index >= 15 is 0 Å². The number of nitrogens with one attached hydrogen (secondary N) is 1. The van der Waals surface area contributed by atoms with Gasteiger partial charge in [-0.3, -0.25) is 13.9 Å². The fourth-order valence-corrected chi connectivity index (χ4v) is 5.67. The van der Waals surface area contributed by atoms with Gasteiger partial charge in [-0.05, 0) is 81.1 Å². The number of benzene rings is 3. The predicted octanol–water partition coefficient (Wildman–Crippen LogP) is 5.48. The van der Waals surface area contributed by atoms with Crippen molar-refractivity contribution >= 4 is 39.1 Å². The Hall–Kier alpha value is -3.36. The Morgan fingerprint density at radius 2 is 1.59 bits per heavy atom. The van der Waals surface area contributed by atoms with E-state index in [-0.39, 0.29) is 23.4 Å². The number of hydrogen-bond donors (Lipinski definition) is 1. The van der Waals surface area contributed by atoms with Crippen LogP contribution < -0.4 is 9.62 Å². The third-order valence-corrected chi connectivity index (χ3v) is 8.70. The fourth-order valence-electron chi connectivity index (χ4n) is 4.06. The average Bonchev–Trinajstić information content (AvgIpc) is 2.92. The van der Waals surface area contributed by atoms with Crippen LogP contribution in [-0.4, -0.2) is 43.8 Å². The molecule has 1 N–H and O–H groups in total. The predicted molar refractivity (Wildman–Crippen MR) is 156 cm³/mol. The number of anilines is 1. The first-order valence-electron chi connectivity index (χ1n) is 12.9. The highest BCUT2D eigenvalue weighted by Gasteiger charge is 2.33. The summed E-state index contributed by atoms with van der Waals surface area (Å²) < 4.78 is 28.9. The summed E-state index contributed by atoms with van der Waals surface area (Å²) in [5.41, 5.74) is 2.74. The van der Waals surface area contributed by atoms with Gasteiger partial charge in [-0.2, -0.15) is 0 Å². The van der Waals surface area contributed by atoms with Crippen molar-refractivity contribution in [2.75, 3.05) is 10.8 Å². The van der Waals surface area contributed by atoms with Crippen LogP contribution in [0.5, 0.6) is 0 Å². The second-order valence-electron chi connectivity index (χ2n) is 9.76. The molecule has 0 aliphatic heterocycles. The minimum absolute atomic E-state index is 0.0719. The third kappa shape index (κ3) is 7.61. The lowest BCUT2D eigenvalue weighted by molar-refractivity contribution is -0.139. The first kappa shape index (κ1) is 30.2. The molecule has 0 saturated carbocycles. The zero-order valence-electron chi connectivity index (χ0n) is 23.0. The Morgan fingerprint density at radius 1 is 0.949 bits per heavy atom. The van der Waals surface area contributed by atoms with Crippen molar-refractivity contribution in [2.45, 2.75) is 64.6 Å². The summed E-state index contributed by atoms with van der Waals surface area (Å²) in [5.74, 6) is -0.812. The summed E-state index contributed by atoms with van der Waals surface area (Å²) >= 11 is 6.05. The van der Waals surface area contributed by atoms with E-state index < -0.39 is 28.5 Å². The summed E-state index contributed by atoms with van der Waals surface area (Å²) in [6, 6.07) is 19.6. The molecule has 0 aliphatic carbocycles. The number of hydrogen-bond acceptors (Lipinski definition) is 4. The van der Waals surface area contributed by atoms with Crippen molar-refractivity contribution in [3.05, 3.63) is 94.5 Å². The molecule has 2 amide bonds. The molecule has 2 atom stereocenters. The van der Waals surface area contributed by atoms with E-state index in [9.17, 15) is 18.0 Å². The fraction of sp³-hybridized carbons (Fsp3) is 0.333. The van der Waals surface area contributed by atoms with Crippen LogP contribution in [0.3, 0.4) is 0 Å². The van der Waals surface area contributed by atoms with Crippen LogP contribution in [0.1, 0.15) is 43.9 Å². The Bertz CT molecular complexity index is 1400. The van der Waals surface area contributed by atoms with E-state index in [1.54, 1.807) is 62.4 Å². The van der Waals surface area contributed by atoms with Crippen LogP contribution in [-0.2, 0) is 26.2 Å². The van der Waals surface area contributed by atoms with E-state index in [0.29, 0.717) is 16.3 Å². The normalized spacial score (nSPS) is 12.9. The Labute approximate surface area is 236 Å². The number of halogens is 1. The van der Waals surface area contributed by atoms with Crippen LogP contribution in [0, 0.1) is 13.8 Å². The average molecular weight is 570 g/mol. The van der Waals surface area contributed by atoms with Crippen LogP contribution in [0.25, 0.3) is 0 Å². The van der Waals surface area contributed by atoms with Crippen LogP contribution in [0.4, 0.5) is 5.69 Å². The molecule has 3 aromatic carbocycles. The minimum Gasteiger partial charge on any atom is -0.352 e. The zero-order valence-corrected chi connectivity index (χ0v) is 24.6. The topological polar surface area (TPSA) is 86.8 Å². The van der Waals surface area contributed by atoms with Gasteiger partial charge in [0.25, 0.3) is 10.0 Å². The van der Waals surface area contributed by atoms with Crippen molar-refractivity contribution in [3.8, 4) is 0 Å². The van der Waals surface area contributed by atoms with Crippen molar-refractivity contribution in [2.24, 2.45) is 0 Å². The van der Waals surface area contributed by atoms with Gasteiger partial charge < -0.3 is 10.2 Å². The Kier molecular flexibility index (Phi) is 10.2. The standard InChI is InChI=1S/C30H36ClN3O4S/c1-6-23(4)32-30(36)24(5)33(19-25-14-16-26(31)17-15-25)29(35)20-34(28-18-21(2)12-13-22(28)3)39(37,38)27-10-8-7-9-11-27/h7-18,23-24H,6,19-20H2,1-5H3,(H,32,36). The molecule has 2 unspecified atom stereocenters. The first-order chi connectivity index (χ1) is 18.4. The smallest absolute Gasteiger partial charge is 0.264 e. The van der Waals surface area contributed by atoms with E-state index in [1.165, 1.54) is 17.0 Å². The second-order valence-corrected chi connectivity index (χ2v) is 12.1. The number of nitrogens with zero attached hydrogens (tertiary/aromatic N) is 2. The maximum atomic E-state index is 14.0. The van der Waals surface area contributed by atoms with Gasteiger partial charge in [0.1, 0.15) is 12.6 Å². The second kappa shape index (κ2) is 13.1. The molecule has 0 radical (unpaired) electrons. The van der Waals surface area contributed by atoms with Crippen molar-refractivity contribution in [1.29, 1.82) is 0 Å². The van der Waals surface area contributed by atoms with Gasteiger partial charge in [0, 0.05) is 17.6 Å². The number of amides is 2. The quantitative estimate of drug-likeness (QED) is 0.331. The van der Waals surface area contributed by atoms with E-state index in [4.69, 9.17) is 11.6 Å². The van der Waals surface area contributed by atoms with Gasteiger partial charge >= 0.3 is 0 Å². The van der Waals surface area contributed by atoms with E-state index in [0.717, 1.165) is 21.9 Å². The Morgan fingerprint density at radius 3 is 2.21 bits per heavy atom. The third-order valence-electron chi connectivity index (χ3n) is 6.68. The van der Waals surface area contributed by atoms with Crippen LogP contribution in [0.2, 0.25) is 5.02 Å². The maximum Gasteiger partial charge on any atom is 0.264 e. The number of carbonyl (C=O) groups excluding carboxylic acids is 2. The molecule has 0 heterocycles. The zero-order chi connectivity index (χ0) is 28.7. The molecular formula is C30H36ClN3O4S. The maximum absolute atomic E-state index is 14.0. The van der Waals surface area contributed by atoms with Crippen molar-refractivity contribution in [3.63, 3.8) is 0 Å². The summed E-state index contributed by atoms with van der Waals surface area (Å²) in [6.45, 7) is 8.81. The molecule has 0 aromatic heterocycles. The van der Waals surface area contributed by atoms with E-state index in [2.05, 4.69) is 5.32 Å². The van der Waals surface area contributed by atoms with Crippen molar-refractivity contribution in [1.82, 2.24) is 10.2 Å². The highest BCUT2D eigenvalue weighted by atomic mass is 35.5. The molecule has 7 nitrogen and oxygen atoms in total. The lowest BCUT2D eigenvalue weighted by Crippen LogP contribution is -2.52. The first-order valence-corrected chi connectivity index (χ1v) is 14.7. The molecule has 0 saturated heterocycles. The molecule has 3 aromatic rings. The molecule has 0 fully saturated rings. The van der Waals surface area contributed by atoms with Crippen molar-refractivity contribution < 1.29 is 18.0 Å². The summed E-state index contributed by atoms with van der Waals surface area (Å²) in [4.78, 5) is 28.6. The highest BCUT2D eigenvalue weighted by Crippen LogP contribution is 2.28. The molecule has 0 bridgehead atoms. The molecule has 0 aliphatic rings. The lowest BCUT2D eigenvalue weighted by atomic mass is 10.1. The SMILES string of the molecule is CCC(C)NC(=O)C(C)N(Cc1ccc(Cl)cc1)C(=O)CN(c1cc(C)ccc1C)S(=O)(=O)c1ccccc1. The molecule has 3 rings (SSSR count). The minimum atomic E-state index is -4.10. The summed E-state index contributed by atoms with van der Waals surface area (Å²) in [7, 11) is -4.10. The number of carbonyl (C=O) groups is 2. The van der Waals surface area contributed by atoms with Gasteiger partial charge in [0.2, 0.25) is 11.8 Å². The molecule has 208 valence electrons. The van der Waals surface area contributed by atoms with Crippen LogP contribution >= 0.6 is 11.6 Å². The summed E-state index contributed by atoms with van der Waals surface area (Å²) in [6.07, 6.45) is 0.735. The number of rotatable bonds is 11. The molecule has 0 spiro atoms. The Balaban J connectivity index is 2.05. The van der Waals surface area contributed by atoms with Gasteiger partial charge in [-0.1, -0.05) is 61.0 Å². The highest BCUT2D eigenvalue weighted by molar-refractivity contribution is 7.92. The largest absolute Gasteiger partial charge is 0.352 e.